The highest BCUT2D eigenvalue weighted by Gasteiger charge is 2.33. The van der Waals surface area contributed by atoms with E-state index in [-0.39, 0.29) is 17.9 Å². The summed E-state index contributed by atoms with van der Waals surface area (Å²) in [5.41, 5.74) is -1.55. The first kappa shape index (κ1) is 20.8. The summed E-state index contributed by atoms with van der Waals surface area (Å²) < 4.78 is 29.1. The van der Waals surface area contributed by atoms with E-state index >= 15 is 0 Å². The largest absolute Gasteiger partial charge is 0.443 e. The van der Waals surface area contributed by atoms with Crippen LogP contribution in [-0.2, 0) is 20.8 Å². The predicted molar refractivity (Wildman–Crippen MR) is 89.9 cm³/mol. The Kier molecular flexibility index (Phi) is 6.48. The Morgan fingerprint density at radius 2 is 1.56 bits per heavy atom. The van der Waals surface area contributed by atoms with Crippen molar-refractivity contribution in [3.63, 3.8) is 0 Å². The van der Waals surface area contributed by atoms with Crippen molar-refractivity contribution >= 4 is 17.9 Å². The summed E-state index contributed by atoms with van der Waals surface area (Å²) in [7, 11) is 1.39. The van der Waals surface area contributed by atoms with E-state index in [0.717, 1.165) is 6.20 Å². The summed E-state index contributed by atoms with van der Waals surface area (Å²) in [5.74, 6) is -0.751. The number of ether oxygens (including phenoxy) is 3. The van der Waals surface area contributed by atoms with Crippen LogP contribution in [0.3, 0.4) is 0 Å². The summed E-state index contributed by atoms with van der Waals surface area (Å²) >= 11 is 0. The molecule has 140 valence electrons. The number of nitrogens with zero attached hydrogens (tertiary/aromatic N) is 2. The zero-order valence-electron chi connectivity index (χ0n) is 15.7. The molecule has 1 aromatic rings. The third-order valence-corrected chi connectivity index (χ3v) is 2.61. The van der Waals surface area contributed by atoms with Gasteiger partial charge in [-0.25, -0.2) is 14.6 Å². The highest BCUT2D eigenvalue weighted by molar-refractivity contribution is 6.09. The maximum atomic E-state index is 13.7. The fourth-order valence-corrected chi connectivity index (χ4v) is 1.76. The fraction of sp³-hybridized carbons (Fsp3) is 0.588. The van der Waals surface area contributed by atoms with Crippen LogP contribution in [0, 0.1) is 5.95 Å². The van der Waals surface area contributed by atoms with Crippen LogP contribution in [0.5, 0.6) is 0 Å². The van der Waals surface area contributed by atoms with Gasteiger partial charge in [-0.05, 0) is 47.6 Å². The Morgan fingerprint density at radius 3 is 1.96 bits per heavy atom. The van der Waals surface area contributed by atoms with Gasteiger partial charge in [0.15, 0.2) is 0 Å². The monoisotopic (exact) mass is 356 g/mol. The molecule has 1 aromatic heterocycles. The number of carbonyl (C=O) groups excluding carboxylic acids is 2. The second kappa shape index (κ2) is 7.77. The van der Waals surface area contributed by atoms with Gasteiger partial charge in [0.05, 0.1) is 18.5 Å². The fourth-order valence-electron chi connectivity index (χ4n) is 1.76. The molecule has 0 spiro atoms. The van der Waals surface area contributed by atoms with Crippen molar-refractivity contribution in [2.45, 2.75) is 59.4 Å². The molecule has 0 aromatic carbocycles. The average Bonchev–Trinajstić information content (AvgIpc) is 2.38. The van der Waals surface area contributed by atoms with Crippen LogP contribution < -0.4 is 4.90 Å². The Bertz CT molecular complexity index is 607. The predicted octanol–water partition coefficient (Wildman–Crippen LogP) is 4.04. The number of aromatic nitrogens is 1. The van der Waals surface area contributed by atoms with Gasteiger partial charge in [0, 0.05) is 12.7 Å². The van der Waals surface area contributed by atoms with Crippen LogP contribution in [0.2, 0.25) is 0 Å². The van der Waals surface area contributed by atoms with E-state index in [2.05, 4.69) is 4.98 Å². The first-order valence-corrected chi connectivity index (χ1v) is 7.73. The molecule has 8 heteroatoms. The minimum absolute atomic E-state index is 0.0250. The molecule has 0 saturated carbocycles. The van der Waals surface area contributed by atoms with E-state index in [0.29, 0.717) is 4.90 Å². The molecule has 0 fully saturated rings. The summed E-state index contributed by atoms with van der Waals surface area (Å²) in [6, 6.07) is 1.29. The Balaban J connectivity index is 3.28. The highest BCUT2D eigenvalue weighted by Crippen LogP contribution is 2.23. The minimum atomic E-state index is -0.946. The maximum absolute atomic E-state index is 13.7. The number of imide groups is 1. The number of carbonyl (C=O) groups is 2. The van der Waals surface area contributed by atoms with Crippen LogP contribution in [0.4, 0.5) is 19.7 Å². The first-order valence-electron chi connectivity index (χ1n) is 7.73. The Morgan fingerprint density at radius 1 is 1.08 bits per heavy atom. The zero-order valence-corrected chi connectivity index (χ0v) is 15.7. The molecule has 0 aliphatic rings. The van der Waals surface area contributed by atoms with Crippen LogP contribution in [0.15, 0.2) is 12.3 Å². The van der Waals surface area contributed by atoms with Gasteiger partial charge >= 0.3 is 12.2 Å². The van der Waals surface area contributed by atoms with Gasteiger partial charge in [0.25, 0.3) is 0 Å². The molecule has 0 N–H and O–H groups in total. The number of amides is 2. The molecular formula is C17H25FN2O5. The van der Waals surface area contributed by atoms with Crippen molar-refractivity contribution in [2.75, 3.05) is 12.0 Å². The van der Waals surface area contributed by atoms with E-state index < -0.39 is 29.3 Å². The number of rotatable bonds is 3. The second-order valence-corrected chi connectivity index (χ2v) is 7.37. The van der Waals surface area contributed by atoms with Gasteiger partial charge < -0.3 is 14.2 Å². The lowest BCUT2D eigenvalue weighted by atomic mass is 10.2. The van der Waals surface area contributed by atoms with Crippen LogP contribution in [-0.4, -0.2) is 35.5 Å². The molecule has 1 rings (SSSR count). The molecule has 0 aliphatic carbocycles. The number of hydrogen-bond acceptors (Lipinski definition) is 6. The third kappa shape index (κ3) is 6.66. The van der Waals surface area contributed by atoms with Gasteiger partial charge in [0.1, 0.15) is 11.2 Å². The summed E-state index contributed by atoms with van der Waals surface area (Å²) in [6.07, 6.45) is -0.834. The van der Waals surface area contributed by atoms with E-state index in [1.807, 2.05) is 0 Å². The standard InChI is InChI=1S/C17H25FN2O5/c1-16(2,3)24-14(21)20(15(22)25-17(4,5)6)12-8-11(10-23-7)13(18)19-9-12/h8-9H,10H2,1-7H3. The van der Waals surface area contributed by atoms with Crippen LogP contribution >= 0.6 is 0 Å². The summed E-state index contributed by atoms with van der Waals surface area (Å²) in [4.78, 5) is 29.2. The van der Waals surface area contributed by atoms with Crippen molar-refractivity contribution in [2.24, 2.45) is 0 Å². The molecule has 7 nitrogen and oxygen atoms in total. The van der Waals surface area contributed by atoms with Gasteiger partial charge in [0.2, 0.25) is 5.95 Å². The molecule has 0 saturated heterocycles. The average molecular weight is 356 g/mol. The molecule has 0 bridgehead atoms. The molecule has 0 atom stereocenters. The van der Waals surface area contributed by atoms with Crippen molar-refractivity contribution in [3.8, 4) is 0 Å². The van der Waals surface area contributed by atoms with Crippen molar-refractivity contribution < 1.29 is 28.2 Å². The quantitative estimate of drug-likeness (QED) is 0.761. The van der Waals surface area contributed by atoms with Crippen molar-refractivity contribution in [1.82, 2.24) is 4.98 Å². The molecule has 2 amide bonds. The number of halogens is 1. The molecular weight excluding hydrogens is 331 g/mol. The minimum Gasteiger partial charge on any atom is -0.443 e. The smallest absolute Gasteiger partial charge is 0.424 e. The van der Waals surface area contributed by atoms with E-state index in [1.54, 1.807) is 41.5 Å². The number of hydrogen-bond donors (Lipinski definition) is 0. The summed E-state index contributed by atoms with van der Waals surface area (Å²) in [5, 5.41) is 0. The molecule has 25 heavy (non-hydrogen) atoms. The topological polar surface area (TPSA) is 78.0 Å². The Hall–Kier alpha value is -2.22. The molecule has 0 unspecified atom stereocenters. The highest BCUT2D eigenvalue weighted by atomic mass is 19.1. The molecule has 1 heterocycles. The van der Waals surface area contributed by atoms with Crippen molar-refractivity contribution in [1.29, 1.82) is 0 Å². The molecule has 0 aliphatic heterocycles. The van der Waals surface area contributed by atoms with E-state index in [4.69, 9.17) is 14.2 Å². The van der Waals surface area contributed by atoms with Crippen molar-refractivity contribution in [3.05, 3.63) is 23.8 Å². The lowest BCUT2D eigenvalue weighted by Crippen LogP contribution is -2.44. The van der Waals surface area contributed by atoms with E-state index in [1.165, 1.54) is 13.2 Å². The van der Waals surface area contributed by atoms with Gasteiger partial charge in [-0.15, -0.1) is 0 Å². The lowest BCUT2D eigenvalue weighted by Gasteiger charge is -2.28. The van der Waals surface area contributed by atoms with Gasteiger partial charge in [-0.3, -0.25) is 0 Å². The lowest BCUT2D eigenvalue weighted by molar-refractivity contribution is 0.0430. The van der Waals surface area contributed by atoms with Gasteiger partial charge in [-0.1, -0.05) is 0 Å². The van der Waals surface area contributed by atoms with Gasteiger partial charge in [-0.2, -0.15) is 9.29 Å². The third-order valence-electron chi connectivity index (χ3n) is 2.61. The normalized spacial score (nSPS) is 11.8. The zero-order chi connectivity index (χ0) is 19.4. The summed E-state index contributed by atoms with van der Waals surface area (Å²) in [6.45, 7) is 9.92. The Labute approximate surface area is 147 Å². The van der Waals surface area contributed by atoms with Crippen LogP contribution in [0.25, 0.3) is 0 Å². The number of methoxy groups -OCH3 is 1. The first-order chi connectivity index (χ1) is 11.3. The number of anilines is 1. The van der Waals surface area contributed by atoms with E-state index in [9.17, 15) is 14.0 Å². The SMILES string of the molecule is COCc1cc(N(C(=O)OC(C)(C)C)C(=O)OC(C)(C)C)cnc1F. The maximum Gasteiger partial charge on any atom is 0.424 e. The van der Waals surface area contributed by atoms with Crippen LogP contribution in [0.1, 0.15) is 47.1 Å². The molecule has 0 radical (unpaired) electrons. The number of pyridine rings is 1. The second-order valence-electron chi connectivity index (χ2n) is 7.37.